The fourth-order valence-electron chi connectivity index (χ4n) is 2.62. The van der Waals surface area contributed by atoms with E-state index in [-0.39, 0.29) is 29.8 Å². The van der Waals surface area contributed by atoms with Crippen LogP contribution in [0.1, 0.15) is 22.1 Å². The zero-order chi connectivity index (χ0) is 17.8. The molecule has 1 saturated heterocycles. The summed E-state index contributed by atoms with van der Waals surface area (Å²) in [5, 5.41) is 16.2. The molecule has 3 rings (SSSR count). The topological polar surface area (TPSA) is 112 Å². The molecule has 0 bridgehead atoms. The van der Waals surface area contributed by atoms with Crippen LogP contribution in [0.15, 0.2) is 28.8 Å². The Balaban J connectivity index is 1.50. The first-order chi connectivity index (χ1) is 12.0. The Labute approximate surface area is 144 Å². The number of urea groups is 1. The van der Waals surface area contributed by atoms with E-state index in [4.69, 9.17) is 4.52 Å². The molecule has 1 aromatic heterocycles. The van der Waals surface area contributed by atoms with Crippen LogP contribution in [0.3, 0.4) is 0 Å². The average molecular weight is 345 g/mol. The summed E-state index contributed by atoms with van der Waals surface area (Å²) >= 11 is 0. The molecule has 2 heterocycles. The minimum atomic E-state index is -0.239. The maximum atomic E-state index is 12.4. The predicted octanol–water partition coefficient (Wildman–Crippen LogP) is 0.751. The van der Waals surface area contributed by atoms with E-state index in [0.29, 0.717) is 37.9 Å². The molecule has 3 amide bonds. The number of nitrogens with zero attached hydrogens (tertiary/aromatic N) is 4. The fraction of sp³-hybridized carbons (Fsp3) is 0.375. The number of carbonyl (C=O) groups is 2. The summed E-state index contributed by atoms with van der Waals surface area (Å²) in [5.41, 5.74) is 0.271. The van der Waals surface area contributed by atoms with Crippen LogP contribution in [-0.2, 0) is 6.54 Å². The molecule has 1 aliphatic rings. The Bertz CT molecular complexity index is 767. The molecule has 9 heteroatoms. The lowest BCUT2D eigenvalue weighted by molar-refractivity contribution is 0.0662. The smallest absolute Gasteiger partial charge is 0.317 e. The maximum absolute atomic E-state index is 12.4. The van der Waals surface area contributed by atoms with E-state index in [9.17, 15) is 14.7 Å². The molecular weight excluding hydrogens is 326 g/mol. The van der Waals surface area contributed by atoms with Crippen molar-refractivity contribution in [2.24, 2.45) is 0 Å². The first-order valence-corrected chi connectivity index (χ1v) is 7.94. The second-order valence-electron chi connectivity index (χ2n) is 5.68. The summed E-state index contributed by atoms with van der Waals surface area (Å²) in [4.78, 5) is 31.9. The first kappa shape index (κ1) is 16.7. The highest BCUT2D eigenvalue weighted by atomic mass is 16.5. The van der Waals surface area contributed by atoms with Crippen LogP contribution in [0.2, 0.25) is 0 Å². The zero-order valence-electron chi connectivity index (χ0n) is 13.8. The van der Waals surface area contributed by atoms with Gasteiger partial charge in [0.05, 0.1) is 12.1 Å². The van der Waals surface area contributed by atoms with E-state index < -0.39 is 0 Å². The highest BCUT2D eigenvalue weighted by molar-refractivity contribution is 5.96. The quantitative estimate of drug-likeness (QED) is 0.849. The van der Waals surface area contributed by atoms with Crippen molar-refractivity contribution in [2.75, 3.05) is 26.2 Å². The molecule has 0 spiro atoms. The van der Waals surface area contributed by atoms with E-state index in [1.165, 1.54) is 6.07 Å². The average Bonchev–Trinajstić information content (AvgIpc) is 3.05. The molecule has 0 radical (unpaired) electrons. The number of aryl methyl sites for hydroxylation is 1. The van der Waals surface area contributed by atoms with Crippen molar-refractivity contribution in [3.63, 3.8) is 0 Å². The van der Waals surface area contributed by atoms with Crippen molar-refractivity contribution in [2.45, 2.75) is 13.5 Å². The lowest BCUT2D eigenvalue weighted by atomic mass is 10.1. The number of para-hydroxylation sites is 1. The zero-order valence-corrected chi connectivity index (χ0v) is 13.8. The number of piperazine rings is 1. The number of hydrogen-bond donors (Lipinski definition) is 2. The molecule has 1 aromatic carbocycles. The van der Waals surface area contributed by atoms with Crippen LogP contribution in [-0.4, -0.2) is 63.2 Å². The van der Waals surface area contributed by atoms with Gasteiger partial charge < -0.3 is 24.7 Å². The molecule has 132 valence electrons. The molecule has 0 unspecified atom stereocenters. The van der Waals surface area contributed by atoms with Crippen LogP contribution >= 0.6 is 0 Å². The van der Waals surface area contributed by atoms with Crippen LogP contribution in [0, 0.1) is 6.92 Å². The van der Waals surface area contributed by atoms with Crippen molar-refractivity contribution in [1.82, 2.24) is 25.3 Å². The van der Waals surface area contributed by atoms with Gasteiger partial charge in [0.25, 0.3) is 5.91 Å². The summed E-state index contributed by atoms with van der Waals surface area (Å²) in [6.07, 6.45) is 0. The second kappa shape index (κ2) is 7.20. The van der Waals surface area contributed by atoms with Gasteiger partial charge in [0.1, 0.15) is 5.75 Å². The van der Waals surface area contributed by atoms with Crippen molar-refractivity contribution in [3.8, 4) is 5.75 Å². The predicted molar refractivity (Wildman–Crippen MR) is 86.9 cm³/mol. The van der Waals surface area contributed by atoms with Gasteiger partial charge in [0.15, 0.2) is 5.82 Å². The minimum Gasteiger partial charge on any atom is -0.507 e. The SMILES string of the molecule is Cc1nc(CNC(=O)N2CCN(C(=O)c3ccccc3O)CC2)no1. The molecule has 0 atom stereocenters. The lowest BCUT2D eigenvalue weighted by Gasteiger charge is -2.34. The maximum Gasteiger partial charge on any atom is 0.317 e. The Morgan fingerprint density at radius 3 is 2.52 bits per heavy atom. The Hall–Kier alpha value is -3.10. The number of hydrogen-bond acceptors (Lipinski definition) is 6. The van der Waals surface area contributed by atoms with Gasteiger partial charge in [-0.2, -0.15) is 4.98 Å². The van der Waals surface area contributed by atoms with Gasteiger partial charge in [-0.05, 0) is 12.1 Å². The normalized spacial score (nSPS) is 14.4. The van der Waals surface area contributed by atoms with Gasteiger partial charge in [-0.15, -0.1) is 0 Å². The third-order valence-electron chi connectivity index (χ3n) is 3.96. The number of phenols is 1. The van der Waals surface area contributed by atoms with E-state index in [1.807, 2.05) is 0 Å². The van der Waals surface area contributed by atoms with Gasteiger partial charge in [-0.25, -0.2) is 4.79 Å². The van der Waals surface area contributed by atoms with Gasteiger partial charge in [-0.1, -0.05) is 17.3 Å². The highest BCUT2D eigenvalue weighted by Gasteiger charge is 2.26. The minimum absolute atomic E-state index is 0.0388. The summed E-state index contributed by atoms with van der Waals surface area (Å²) in [6, 6.07) is 6.20. The van der Waals surface area contributed by atoms with E-state index >= 15 is 0 Å². The molecule has 0 aliphatic carbocycles. The molecule has 2 N–H and O–H groups in total. The van der Waals surface area contributed by atoms with Gasteiger partial charge in [0.2, 0.25) is 5.89 Å². The lowest BCUT2D eigenvalue weighted by Crippen LogP contribution is -2.53. The molecular formula is C16H19N5O4. The largest absolute Gasteiger partial charge is 0.507 e. The molecule has 25 heavy (non-hydrogen) atoms. The summed E-state index contributed by atoms with van der Waals surface area (Å²) in [5.74, 6) is 0.586. The highest BCUT2D eigenvalue weighted by Crippen LogP contribution is 2.18. The van der Waals surface area contributed by atoms with Crippen molar-refractivity contribution < 1.29 is 19.2 Å². The molecule has 1 aliphatic heterocycles. The number of rotatable bonds is 3. The third kappa shape index (κ3) is 3.87. The standard InChI is InChI=1S/C16H19N5O4/c1-11-18-14(19-25-11)10-17-16(24)21-8-6-20(7-9-21)15(23)12-4-2-3-5-13(12)22/h2-5,22H,6-10H2,1H3,(H,17,24). The number of benzene rings is 1. The molecule has 2 aromatic rings. The molecule has 1 fully saturated rings. The van der Waals surface area contributed by atoms with E-state index in [2.05, 4.69) is 15.5 Å². The van der Waals surface area contributed by atoms with Gasteiger partial charge in [0, 0.05) is 33.1 Å². The Morgan fingerprint density at radius 2 is 1.88 bits per heavy atom. The van der Waals surface area contributed by atoms with Gasteiger partial charge in [-0.3, -0.25) is 4.79 Å². The van der Waals surface area contributed by atoms with Crippen LogP contribution < -0.4 is 5.32 Å². The van der Waals surface area contributed by atoms with Crippen LogP contribution in [0.25, 0.3) is 0 Å². The van der Waals surface area contributed by atoms with Crippen molar-refractivity contribution in [1.29, 1.82) is 0 Å². The van der Waals surface area contributed by atoms with Crippen molar-refractivity contribution in [3.05, 3.63) is 41.5 Å². The summed E-state index contributed by atoms with van der Waals surface area (Å²) in [6.45, 7) is 3.50. The number of amides is 3. The molecule has 0 saturated carbocycles. The van der Waals surface area contributed by atoms with Gasteiger partial charge >= 0.3 is 6.03 Å². The van der Waals surface area contributed by atoms with Crippen LogP contribution in [0.4, 0.5) is 4.79 Å². The third-order valence-corrected chi connectivity index (χ3v) is 3.96. The number of carbonyl (C=O) groups excluding carboxylic acids is 2. The Kier molecular flexibility index (Phi) is 4.82. The van der Waals surface area contributed by atoms with Crippen LogP contribution in [0.5, 0.6) is 5.75 Å². The number of aromatic hydroxyl groups is 1. The summed E-state index contributed by atoms with van der Waals surface area (Å²) in [7, 11) is 0. The van der Waals surface area contributed by atoms with E-state index in [0.717, 1.165) is 0 Å². The number of phenolic OH excluding ortho intramolecular Hbond substituents is 1. The number of aromatic nitrogens is 2. The number of nitrogens with one attached hydrogen (secondary N) is 1. The molecule has 9 nitrogen and oxygen atoms in total. The van der Waals surface area contributed by atoms with E-state index in [1.54, 1.807) is 34.9 Å². The second-order valence-corrected chi connectivity index (χ2v) is 5.68. The van der Waals surface area contributed by atoms with Crippen molar-refractivity contribution >= 4 is 11.9 Å². The first-order valence-electron chi connectivity index (χ1n) is 7.94. The Morgan fingerprint density at radius 1 is 1.20 bits per heavy atom. The fourth-order valence-corrected chi connectivity index (χ4v) is 2.62. The monoisotopic (exact) mass is 345 g/mol. The summed E-state index contributed by atoms with van der Waals surface area (Å²) < 4.78 is 4.84.